The molecule has 0 saturated heterocycles. The van der Waals surface area contributed by atoms with Crippen molar-refractivity contribution in [2.24, 2.45) is 0 Å². The SMILES string of the molecule is CCc1ccc(NC(=O)N(CC(C)O)C(C)C)cc1[N+](=O)[O-]. The Morgan fingerprint density at radius 2 is 2.05 bits per heavy atom. The van der Waals surface area contributed by atoms with Gasteiger partial charge in [-0.2, -0.15) is 0 Å². The van der Waals surface area contributed by atoms with Crippen LogP contribution in [0.25, 0.3) is 0 Å². The summed E-state index contributed by atoms with van der Waals surface area (Å²) >= 11 is 0. The van der Waals surface area contributed by atoms with E-state index in [1.165, 1.54) is 11.0 Å². The molecule has 0 aliphatic heterocycles. The van der Waals surface area contributed by atoms with Crippen molar-refractivity contribution in [3.63, 3.8) is 0 Å². The number of nitro benzene ring substituents is 1. The zero-order chi connectivity index (χ0) is 16.9. The van der Waals surface area contributed by atoms with Crippen LogP contribution >= 0.6 is 0 Å². The van der Waals surface area contributed by atoms with Crippen LogP contribution in [0.2, 0.25) is 0 Å². The monoisotopic (exact) mass is 309 g/mol. The number of benzene rings is 1. The third kappa shape index (κ3) is 4.70. The van der Waals surface area contributed by atoms with Crippen LogP contribution in [0.15, 0.2) is 18.2 Å². The fourth-order valence-electron chi connectivity index (χ4n) is 2.12. The van der Waals surface area contributed by atoms with E-state index in [9.17, 15) is 20.0 Å². The molecule has 1 aromatic carbocycles. The molecule has 1 unspecified atom stereocenters. The van der Waals surface area contributed by atoms with Crippen LogP contribution < -0.4 is 5.32 Å². The summed E-state index contributed by atoms with van der Waals surface area (Å²) in [6.07, 6.45) is -0.102. The van der Waals surface area contributed by atoms with E-state index in [4.69, 9.17) is 0 Å². The Bertz CT molecular complexity index is 544. The molecule has 0 heterocycles. The zero-order valence-electron chi connectivity index (χ0n) is 13.4. The molecule has 1 atom stereocenters. The zero-order valence-corrected chi connectivity index (χ0v) is 13.4. The van der Waals surface area contributed by atoms with Crippen LogP contribution in [0.4, 0.5) is 16.2 Å². The minimum atomic E-state index is -0.648. The number of aliphatic hydroxyl groups is 1. The van der Waals surface area contributed by atoms with Gasteiger partial charge in [0.1, 0.15) is 0 Å². The number of rotatable bonds is 6. The highest BCUT2D eigenvalue weighted by molar-refractivity contribution is 5.90. The van der Waals surface area contributed by atoms with Gasteiger partial charge in [-0.15, -0.1) is 0 Å². The number of carbonyl (C=O) groups is 1. The highest BCUT2D eigenvalue weighted by Crippen LogP contribution is 2.24. The first-order valence-electron chi connectivity index (χ1n) is 7.29. The maximum Gasteiger partial charge on any atom is 0.322 e. The van der Waals surface area contributed by atoms with E-state index < -0.39 is 17.1 Å². The van der Waals surface area contributed by atoms with Gasteiger partial charge in [-0.3, -0.25) is 10.1 Å². The number of carbonyl (C=O) groups excluding carboxylic acids is 1. The molecule has 7 heteroatoms. The summed E-state index contributed by atoms with van der Waals surface area (Å²) < 4.78 is 0. The van der Waals surface area contributed by atoms with E-state index in [1.54, 1.807) is 19.1 Å². The number of anilines is 1. The van der Waals surface area contributed by atoms with E-state index in [-0.39, 0.29) is 18.3 Å². The molecule has 122 valence electrons. The van der Waals surface area contributed by atoms with E-state index in [0.29, 0.717) is 17.7 Å². The van der Waals surface area contributed by atoms with E-state index >= 15 is 0 Å². The molecule has 2 amide bonds. The quantitative estimate of drug-likeness (QED) is 0.624. The molecule has 1 rings (SSSR count). The van der Waals surface area contributed by atoms with E-state index in [0.717, 1.165) is 0 Å². The van der Waals surface area contributed by atoms with Gasteiger partial charge in [0.05, 0.1) is 11.0 Å². The highest BCUT2D eigenvalue weighted by Gasteiger charge is 2.20. The van der Waals surface area contributed by atoms with Crippen LogP contribution in [-0.4, -0.2) is 39.7 Å². The summed E-state index contributed by atoms with van der Waals surface area (Å²) in [5.41, 5.74) is 0.977. The van der Waals surface area contributed by atoms with Crippen molar-refractivity contribution in [1.29, 1.82) is 0 Å². The van der Waals surface area contributed by atoms with Crippen molar-refractivity contribution in [3.8, 4) is 0 Å². The molecule has 7 nitrogen and oxygen atoms in total. The van der Waals surface area contributed by atoms with Gasteiger partial charge in [0, 0.05) is 29.9 Å². The second-order valence-corrected chi connectivity index (χ2v) is 5.48. The second kappa shape index (κ2) is 7.74. The van der Waals surface area contributed by atoms with Gasteiger partial charge in [-0.25, -0.2) is 4.79 Å². The molecule has 0 bridgehead atoms. The van der Waals surface area contributed by atoms with E-state index in [1.807, 2.05) is 20.8 Å². The smallest absolute Gasteiger partial charge is 0.322 e. The Morgan fingerprint density at radius 1 is 1.41 bits per heavy atom. The predicted molar refractivity (Wildman–Crippen MR) is 85.0 cm³/mol. The number of nitrogens with one attached hydrogen (secondary N) is 1. The van der Waals surface area contributed by atoms with Gasteiger partial charge in [-0.1, -0.05) is 13.0 Å². The Morgan fingerprint density at radius 3 is 2.50 bits per heavy atom. The van der Waals surface area contributed by atoms with Gasteiger partial charge in [0.2, 0.25) is 0 Å². The molecule has 0 radical (unpaired) electrons. The van der Waals surface area contributed by atoms with Crippen LogP contribution in [0, 0.1) is 10.1 Å². The Balaban J connectivity index is 2.95. The van der Waals surface area contributed by atoms with Gasteiger partial charge < -0.3 is 15.3 Å². The normalized spacial score (nSPS) is 12.1. The largest absolute Gasteiger partial charge is 0.392 e. The number of nitro groups is 1. The molecule has 2 N–H and O–H groups in total. The Hall–Kier alpha value is -2.15. The summed E-state index contributed by atoms with van der Waals surface area (Å²) in [6, 6.07) is 4.15. The third-order valence-corrected chi connectivity index (χ3v) is 3.26. The molecule has 0 saturated carbocycles. The first-order valence-corrected chi connectivity index (χ1v) is 7.29. The minimum Gasteiger partial charge on any atom is -0.392 e. The lowest BCUT2D eigenvalue weighted by molar-refractivity contribution is -0.385. The molecular formula is C15H23N3O4. The van der Waals surface area contributed by atoms with Gasteiger partial charge in [-0.05, 0) is 33.3 Å². The Labute approximate surface area is 130 Å². The summed E-state index contributed by atoms with van der Waals surface area (Å²) in [6.45, 7) is 7.31. The van der Waals surface area contributed by atoms with Crippen molar-refractivity contribution in [1.82, 2.24) is 4.90 Å². The molecule has 0 spiro atoms. The molecular weight excluding hydrogens is 286 g/mol. The maximum atomic E-state index is 12.3. The lowest BCUT2D eigenvalue weighted by atomic mass is 10.1. The average Bonchev–Trinajstić information content (AvgIpc) is 2.43. The van der Waals surface area contributed by atoms with Crippen molar-refractivity contribution >= 4 is 17.4 Å². The second-order valence-electron chi connectivity index (χ2n) is 5.48. The lowest BCUT2D eigenvalue weighted by Crippen LogP contribution is -2.43. The molecule has 0 aromatic heterocycles. The number of hydrogen-bond donors (Lipinski definition) is 2. The highest BCUT2D eigenvalue weighted by atomic mass is 16.6. The molecule has 0 fully saturated rings. The summed E-state index contributed by atoms with van der Waals surface area (Å²) in [7, 11) is 0. The molecule has 1 aromatic rings. The topological polar surface area (TPSA) is 95.7 Å². The van der Waals surface area contributed by atoms with Crippen LogP contribution in [0.5, 0.6) is 0 Å². The van der Waals surface area contributed by atoms with E-state index in [2.05, 4.69) is 5.32 Å². The number of aryl methyl sites for hydroxylation is 1. The molecule has 22 heavy (non-hydrogen) atoms. The van der Waals surface area contributed by atoms with Crippen LogP contribution in [0.1, 0.15) is 33.3 Å². The standard InChI is InChI=1S/C15H23N3O4/c1-5-12-6-7-13(8-14(12)18(21)22)16-15(20)17(10(2)3)9-11(4)19/h6-8,10-11,19H,5,9H2,1-4H3,(H,16,20). The lowest BCUT2D eigenvalue weighted by Gasteiger charge is -2.28. The van der Waals surface area contributed by atoms with Crippen LogP contribution in [-0.2, 0) is 6.42 Å². The summed E-state index contributed by atoms with van der Waals surface area (Å²) in [5, 5.41) is 23.2. The fraction of sp³-hybridized carbons (Fsp3) is 0.533. The number of aliphatic hydroxyl groups excluding tert-OH is 1. The number of amides is 2. The number of nitrogens with zero attached hydrogens (tertiary/aromatic N) is 2. The predicted octanol–water partition coefficient (Wildman–Crippen LogP) is 2.78. The van der Waals surface area contributed by atoms with Gasteiger partial charge in [0.25, 0.3) is 5.69 Å². The van der Waals surface area contributed by atoms with Crippen molar-refractivity contribution < 1.29 is 14.8 Å². The van der Waals surface area contributed by atoms with Crippen molar-refractivity contribution in [3.05, 3.63) is 33.9 Å². The minimum absolute atomic E-state index is 0.00748. The maximum absolute atomic E-state index is 12.3. The fourth-order valence-corrected chi connectivity index (χ4v) is 2.12. The Kier molecular flexibility index (Phi) is 6.30. The number of urea groups is 1. The molecule has 0 aliphatic carbocycles. The summed E-state index contributed by atoms with van der Waals surface area (Å²) in [4.78, 5) is 24.3. The van der Waals surface area contributed by atoms with Crippen molar-refractivity contribution in [2.45, 2.75) is 46.3 Å². The van der Waals surface area contributed by atoms with Gasteiger partial charge in [0.15, 0.2) is 0 Å². The van der Waals surface area contributed by atoms with Crippen molar-refractivity contribution in [2.75, 3.05) is 11.9 Å². The first-order chi connectivity index (χ1) is 10.3. The van der Waals surface area contributed by atoms with Gasteiger partial charge >= 0.3 is 6.03 Å². The summed E-state index contributed by atoms with van der Waals surface area (Å²) in [5.74, 6) is 0. The van der Waals surface area contributed by atoms with Crippen LogP contribution in [0.3, 0.4) is 0 Å². The molecule has 0 aliphatic rings. The first kappa shape index (κ1) is 17.9. The number of hydrogen-bond acceptors (Lipinski definition) is 4. The third-order valence-electron chi connectivity index (χ3n) is 3.26. The average molecular weight is 309 g/mol.